The zero-order valence-corrected chi connectivity index (χ0v) is 22.7. The lowest BCUT2D eigenvalue weighted by Gasteiger charge is -2.38. The van der Waals surface area contributed by atoms with Gasteiger partial charge in [-0.15, -0.1) is 0 Å². The summed E-state index contributed by atoms with van der Waals surface area (Å²) >= 11 is 8.08. The monoisotopic (exact) mass is 556 g/mol. The number of aromatic nitrogens is 4. The number of cyclic esters (lactones) is 1. The van der Waals surface area contributed by atoms with E-state index in [4.69, 9.17) is 21.1 Å². The molecule has 10 nitrogen and oxygen atoms in total. The summed E-state index contributed by atoms with van der Waals surface area (Å²) in [6, 6.07) is 3.63. The third kappa shape index (κ3) is 4.94. The maximum Gasteiger partial charge on any atom is 0.410 e. The minimum absolute atomic E-state index is 0.249. The Labute approximate surface area is 229 Å². The third-order valence-corrected chi connectivity index (χ3v) is 9.21. The number of nitrogens with zero attached hydrogens (tertiary/aromatic N) is 6. The summed E-state index contributed by atoms with van der Waals surface area (Å²) in [5.41, 5.74) is 0.591. The van der Waals surface area contributed by atoms with Crippen LogP contribution in [0.3, 0.4) is 0 Å². The average Bonchev–Trinajstić information content (AvgIpc) is 3.50. The molecule has 6 rings (SSSR count). The van der Waals surface area contributed by atoms with E-state index in [-0.39, 0.29) is 11.7 Å². The molecule has 0 saturated carbocycles. The number of fused-ring (bicyclic) bond motifs is 1. The maximum atomic E-state index is 13.2. The van der Waals surface area contributed by atoms with Crippen molar-refractivity contribution in [2.75, 3.05) is 44.3 Å². The predicted molar refractivity (Wildman–Crippen MR) is 144 cm³/mol. The summed E-state index contributed by atoms with van der Waals surface area (Å²) in [5, 5.41) is 1.37. The first kappa shape index (κ1) is 25.4. The van der Waals surface area contributed by atoms with Crippen molar-refractivity contribution >= 4 is 46.2 Å². The van der Waals surface area contributed by atoms with Crippen LogP contribution in [0, 0.1) is 5.41 Å². The highest BCUT2D eigenvalue weighted by atomic mass is 35.5. The molecular formula is C26H29ClN6O4S. The fraction of sp³-hybridized carbons (Fsp3) is 0.500. The molecule has 3 aliphatic heterocycles. The minimum atomic E-state index is -0.363. The van der Waals surface area contributed by atoms with Crippen molar-refractivity contribution in [1.29, 1.82) is 0 Å². The predicted octanol–water partition coefficient (Wildman–Crippen LogP) is 3.84. The summed E-state index contributed by atoms with van der Waals surface area (Å²) < 4.78 is 12.3. The molecule has 0 unspecified atom stereocenters. The number of amides is 1. The number of rotatable bonds is 6. The molecule has 0 bridgehead atoms. The number of ether oxygens (including phenoxy) is 2. The molecule has 2 aromatic heterocycles. The van der Waals surface area contributed by atoms with E-state index in [9.17, 15) is 9.59 Å². The SMILES string of the molecule is C[C@H]1CC2(CCN(c3cnc(Sc4ccc5ncn(CCN6CCOC6=O)c(=O)c5c4Cl)cn3)CC2)CO1. The number of hydrogen-bond donors (Lipinski definition) is 0. The van der Waals surface area contributed by atoms with Crippen molar-refractivity contribution in [1.82, 2.24) is 24.4 Å². The van der Waals surface area contributed by atoms with E-state index >= 15 is 0 Å². The van der Waals surface area contributed by atoms with Gasteiger partial charge in [0.1, 0.15) is 17.5 Å². The highest BCUT2D eigenvalue weighted by Crippen LogP contribution is 2.42. The third-order valence-electron chi connectivity index (χ3n) is 7.72. The zero-order chi connectivity index (χ0) is 26.3. The number of carbonyl (C=O) groups excluding carboxylic acids is 1. The first-order chi connectivity index (χ1) is 18.4. The first-order valence-corrected chi connectivity index (χ1v) is 14.1. The number of carbonyl (C=O) groups is 1. The zero-order valence-electron chi connectivity index (χ0n) is 21.1. The second-order valence-corrected chi connectivity index (χ2v) is 11.7. The molecule has 38 heavy (non-hydrogen) atoms. The Hall–Kier alpha value is -2.89. The van der Waals surface area contributed by atoms with Crippen LogP contribution in [-0.4, -0.2) is 76.0 Å². The standard InChI is InChI=1S/C26H29ClN6O4S/c1-17-12-26(15-37-17)4-6-31(7-5-26)20-13-29-21(14-28-20)38-19-3-2-18-22(23(19)27)24(34)33(16-30-18)9-8-32-10-11-36-25(32)35/h2-3,13-14,16-17H,4-12,15H2,1H3/t17-/m0/s1. The number of benzene rings is 1. The minimum Gasteiger partial charge on any atom is -0.448 e. The van der Waals surface area contributed by atoms with Gasteiger partial charge in [0.15, 0.2) is 0 Å². The van der Waals surface area contributed by atoms with E-state index in [0.29, 0.717) is 63.6 Å². The molecule has 12 heteroatoms. The van der Waals surface area contributed by atoms with Gasteiger partial charge in [-0.05, 0) is 43.7 Å². The molecule has 3 aromatic rings. The Morgan fingerprint density at radius 1 is 1.11 bits per heavy atom. The smallest absolute Gasteiger partial charge is 0.410 e. The average molecular weight is 557 g/mol. The van der Waals surface area contributed by atoms with Gasteiger partial charge in [-0.2, -0.15) is 0 Å². The molecule has 1 spiro atoms. The van der Waals surface area contributed by atoms with Gasteiger partial charge in [0, 0.05) is 31.1 Å². The lowest BCUT2D eigenvalue weighted by atomic mass is 9.77. The summed E-state index contributed by atoms with van der Waals surface area (Å²) in [6.07, 6.45) is 8.39. The fourth-order valence-electron chi connectivity index (χ4n) is 5.52. The summed E-state index contributed by atoms with van der Waals surface area (Å²) in [7, 11) is 0. The van der Waals surface area contributed by atoms with Crippen molar-refractivity contribution in [2.45, 2.75) is 48.8 Å². The molecule has 1 amide bonds. The van der Waals surface area contributed by atoms with Crippen LogP contribution < -0.4 is 10.5 Å². The largest absolute Gasteiger partial charge is 0.448 e. The second kappa shape index (κ2) is 10.3. The van der Waals surface area contributed by atoms with Crippen molar-refractivity contribution in [3.8, 4) is 0 Å². The van der Waals surface area contributed by atoms with Crippen LogP contribution in [0.25, 0.3) is 10.9 Å². The second-order valence-electron chi connectivity index (χ2n) is 10.2. The van der Waals surface area contributed by atoms with Crippen LogP contribution in [0.2, 0.25) is 5.02 Å². The van der Waals surface area contributed by atoms with Crippen molar-refractivity contribution in [3.05, 3.63) is 46.2 Å². The van der Waals surface area contributed by atoms with Crippen molar-refractivity contribution < 1.29 is 14.3 Å². The maximum absolute atomic E-state index is 13.2. The van der Waals surface area contributed by atoms with Gasteiger partial charge in [-0.3, -0.25) is 9.36 Å². The Kier molecular flexibility index (Phi) is 6.92. The highest BCUT2D eigenvalue weighted by Gasteiger charge is 2.41. The van der Waals surface area contributed by atoms with Crippen LogP contribution >= 0.6 is 23.4 Å². The quantitative estimate of drug-likeness (QED) is 0.448. The highest BCUT2D eigenvalue weighted by molar-refractivity contribution is 7.99. The lowest BCUT2D eigenvalue weighted by Crippen LogP contribution is -2.41. The van der Waals surface area contributed by atoms with Gasteiger partial charge < -0.3 is 19.3 Å². The summed E-state index contributed by atoms with van der Waals surface area (Å²) in [5.74, 6) is 0.870. The Balaban J connectivity index is 1.15. The van der Waals surface area contributed by atoms with E-state index in [1.807, 2.05) is 6.07 Å². The molecule has 1 atom stereocenters. The number of piperidine rings is 1. The van der Waals surface area contributed by atoms with Gasteiger partial charge in [0.2, 0.25) is 0 Å². The van der Waals surface area contributed by atoms with Gasteiger partial charge >= 0.3 is 6.09 Å². The topological polar surface area (TPSA) is 103 Å². The number of hydrogen-bond acceptors (Lipinski definition) is 9. The molecule has 1 aromatic carbocycles. The van der Waals surface area contributed by atoms with Crippen molar-refractivity contribution in [3.63, 3.8) is 0 Å². The molecule has 5 heterocycles. The summed E-state index contributed by atoms with van der Waals surface area (Å²) in [4.78, 5) is 43.2. The Morgan fingerprint density at radius 2 is 1.95 bits per heavy atom. The van der Waals surface area contributed by atoms with E-state index in [1.54, 1.807) is 23.4 Å². The van der Waals surface area contributed by atoms with E-state index in [0.717, 1.165) is 44.8 Å². The van der Waals surface area contributed by atoms with Crippen molar-refractivity contribution in [2.24, 2.45) is 5.41 Å². The van der Waals surface area contributed by atoms with Gasteiger partial charge in [0.25, 0.3) is 5.56 Å². The van der Waals surface area contributed by atoms with E-state index in [1.165, 1.54) is 22.7 Å². The Morgan fingerprint density at radius 3 is 2.63 bits per heavy atom. The molecule has 3 aliphatic rings. The number of anilines is 1. The lowest BCUT2D eigenvalue weighted by molar-refractivity contribution is 0.0976. The molecule has 0 aliphatic carbocycles. The van der Waals surface area contributed by atoms with Crippen LogP contribution in [0.4, 0.5) is 10.6 Å². The molecule has 0 N–H and O–H groups in total. The van der Waals surface area contributed by atoms with Gasteiger partial charge in [-0.1, -0.05) is 23.4 Å². The molecular weight excluding hydrogens is 528 g/mol. The van der Waals surface area contributed by atoms with Crippen LogP contribution in [-0.2, 0) is 16.0 Å². The van der Waals surface area contributed by atoms with Gasteiger partial charge in [0.05, 0.1) is 53.9 Å². The van der Waals surface area contributed by atoms with Gasteiger partial charge in [-0.25, -0.2) is 19.7 Å². The fourth-order valence-corrected chi connectivity index (χ4v) is 6.64. The molecule has 0 radical (unpaired) electrons. The summed E-state index contributed by atoms with van der Waals surface area (Å²) in [6.45, 7) is 6.48. The van der Waals surface area contributed by atoms with E-state index in [2.05, 4.69) is 26.8 Å². The van der Waals surface area contributed by atoms with Crippen LogP contribution in [0.15, 0.2) is 45.6 Å². The van der Waals surface area contributed by atoms with Crippen LogP contribution in [0.1, 0.15) is 26.2 Å². The molecule has 200 valence electrons. The molecule has 3 fully saturated rings. The number of halogens is 1. The Bertz CT molecular complexity index is 1410. The van der Waals surface area contributed by atoms with E-state index < -0.39 is 0 Å². The van der Waals surface area contributed by atoms with Crippen LogP contribution in [0.5, 0.6) is 0 Å². The molecule has 3 saturated heterocycles. The normalized spacial score (nSPS) is 21.0. The first-order valence-electron chi connectivity index (χ1n) is 12.9.